The average Bonchev–Trinajstić information content (AvgIpc) is 2.60. The molecule has 0 aromatic heterocycles. The van der Waals surface area contributed by atoms with Gasteiger partial charge in [-0.05, 0) is 33.2 Å². The lowest BCUT2D eigenvalue weighted by Gasteiger charge is -2.22. The molecule has 4 nitrogen and oxygen atoms in total. The first-order valence-electron chi connectivity index (χ1n) is 8.59. The van der Waals surface area contributed by atoms with E-state index < -0.39 is 7.82 Å². The number of rotatable bonds is 2. The first-order chi connectivity index (χ1) is 12.6. The van der Waals surface area contributed by atoms with Crippen molar-refractivity contribution in [2.24, 2.45) is 0 Å². The molecule has 142 valence electrons. The quantitative estimate of drug-likeness (QED) is 0.518. The van der Waals surface area contributed by atoms with E-state index in [4.69, 9.17) is 19.2 Å². The Morgan fingerprint density at radius 3 is 1.48 bits per heavy atom. The van der Waals surface area contributed by atoms with Crippen molar-refractivity contribution < 1.29 is 19.2 Å². The summed E-state index contributed by atoms with van der Waals surface area (Å²) in [7, 11) is -4.64. The van der Waals surface area contributed by atoms with Gasteiger partial charge in [0.2, 0.25) is 0 Å². The Morgan fingerprint density at radius 2 is 1.07 bits per heavy atom. The lowest BCUT2D eigenvalue weighted by atomic mass is 9.83. The van der Waals surface area contributed by atoms with E-state index in [1.165, 1.54) is 27.8 Å². The molecule has 0 saturated heterocycles. The highest BCUT2D eigenvalue weighted by atomic mass is 31.2. The Morgan fingerprint density at radius 1 is 0.667 bits per heavy atom. The first-order valence-corrected chi connectivity index (χ1v) is 10.2. The minimum atomic E-state index is -4.64. The zero-order chi connectivity index (χ0) is 20.1. The van der Waals surface area contributed by atoms with Crippen molar-refractivity contribution in [3.8, 4) is 22.3 Å². The predicted octanol–water partition coefficient (Wildman–Crippen LogP) is 5.39. The van der Waals surface area contributed by atoms with Gasteiger partial charge in [0, 0.05) is 0 Å². The van der Waals surface area contributed by atoms with Gasteiger partial charge in [0.25, 0.3) is 0 Å². The summed E-state index contributed by atoms with van der Waals surface area (Å²) in [5, 5.41) is 0. The van der Waals surface area contributed by atoms with Crippen LogP contribution < -0.4 is 0 Å². The molecule has 27 heavy (non-hydrogen) atoms. The van der Waals surface area contributed by atoms with Crippen molar-refractivity contribution in [2.75, 3.05) is 0 Å². The van der Waals surface area contributed by atoms with Crippen LogP contribution in [-0.4, -0.2) is 14.7 Å². The molecule has 3 aromatic rings. The molecule has 0 saturated carbocycles. The summed E-state index contributed by atoms with van der Waals surface area (Å²) in [5.74, 6) is 0. The van der Waals surface area contributed by atoms with Crippen LogP contribution >= 0.6 is 7.82 Å². The van der Waals surface area contributed by atoms with Gasteiger partial charge in [-0.25, -0.2) is 4.57 Å². The molecule has 0 aliphatic heterocycles. The molecule has 0 unspecified atom stereocenters. The van der Waals surface area contributed by atoms with Gasteiger partial charge in [0.15, 0.2) is 0 Å². The van der Waals surface area contributed by atoms with Crippen molar-refractivity contribution in [2.45, 2.75) is 26.2 Å². The van der Waals surface area contributed by atoms with Gasteiger partial charge in [0.1, 0.15) is 0 Å². The molecule has 3 aromatic carbocycles. The Bertz CT molecular complexity index is 902. The second kappa shape index (κ2) is 8.64. The Labute approximate surface area is 160 Å². The van der Waals surface area contributed by atoms with Gasteiger partial charge in [0.05, 0.1) is 0 Å². The molecule has 3 N–H and O–H groups in total. The topological polar surface area (TPSA) is 77.8 Å². The number of hydrogen-bond acceptors (Lipinski definition) is 1. The van der Waals surface area contributed by atoms with Crippen LogP contribution in [0.3, 0.4) is 0 Å². The summed E-state index contributed by atoms with van der Waals surface area (Å²) >= 11 is 0. The molecule has 0 aliphatic rings. The first kappa shape index (κ1) is 21.1. The van der Waals surface area contributed by atoms with Gasteiger partial charge in [-0.15, -0.1) is 0 Å². The zero-order valence-corrected chi connectivity index (χ0v) is 16.6. The van der Waals surface area contributed by atoms with E-state index in [0.717, 1.165) is 0 Å². The minimum absolute atomic E-state index is 0.152. The lowest BCUT2D eigenvalue weighted by molar-refractivity contribution is 0.275. The van der Waals surface area contributed by atoms with Gasteiger partial charge < -0.3 is 14.7 Å². The van der Waals surface area contributed by atoms with Crippen LogP contribution in [0, 0.1) is 0 Å². The van der Waals surface area contributed by atoms with Gasteiger partial charge in [-0.1, -0.05) is 99.6 Å². The molecule has 5 heteroatoms. The summed E-state index contributed by atoms with van der Waals surface area (Å²) in [4.78, 5) is 21.6. The molecular formula is C22H25O4P. The maximum Gasteiger partial charge on any atom is 0.466 e. The van der Waals surface area contributed by atoms with Gasteiger partial charge in [-0.2, -0.15) is 0 Å². The molecule has 0 amide bonds. The second-order valence-electron chi connectivity index (χ2n) is 7.26. The van der Waals surface area contributed by atoms with Crippen LogP contribution in [0.25, 0.3) is 22.3 Å². The molecule has 0 atom stereocenters. The summed E-state index contributed by atoms with van der Waals surface area (Å²) in [6.45, 7) is 6.79. The van der Waals surface area contributed by atoms with Gasteiger partial charge in [-0.3, -0.25) is 0 Å². The van der Waals surface area contributed by atoms with E-state index in [-0.39, 0.29) is 5.41 Å². The monoisotopic (exact) mass is 384 g/mol. The Hall–Kier alpha value is -2.23. The maximum absolute atomic E-state index is 8.88. The van der Waals surface area contributed by atoms with Crippen molar-refractivity contribution >= 4 is 7.82 Å². The second-order valence-corrected chi connectivity index (χ2v) is 8.28. The molecule has 0 radical (unpaired) electrons. The van der Waals surface area contributed by atoms with Crippen LogP contribution in [-0.2, 0) is 9.98 Å². The standard InChI is InChI=1S/C22H22.H3O4P/c1-22(2,3)19-14-15-20(17-10-6-4-7-11-17)21(16-19)18-12-8-5-9-13-18;1-5(2,3)4/h4-16H,1-3H3;(H3,1,2,3,4). The number of phosphoric acid groups is 1. The fourth-order valence-corrected chi connectivity index (χ4v) is 2.74. The van der Waals surface area contributed by atoms with Crippen LogP contribution in [0.1, 0.15) is 26.3 Å². The fourth-order valence-electron chi connectivity index (χ4n) is 2.74. The molecule has 0 bridgehead atoms. The fraction of sp³-hybridized carbons (Fsp3) is 0.182. The average molecular weight is 384 g/mol. The van der Waals surface area contributed by atoms with Crippen molar-refractivity contribution in [3.05, 3.63) is 84.4 Å². The maximum atomic E-state index is 8.88. The highest BCUT2D eigenvalue weighted by molar-refractivity contribution is 7.45. The summed E-state index contributed by atoms with van der Waals surface area (Å²) in [6, 6.07) is 28.1. The van der Waals surface area contributed by atoms with Crippen LogP contribution in [0.4, 0.5) is 0 Å². The van der Waals surface area contributed by atoms with Crippen LogP contribution in [0.5, 0.6) is 0 Å². The molecule has 0 fully saturated rings. The number of benzene rings is 3. The summed E-state index contributed by atoms with van der Waals surface area (Å²) < 4.78 is 8.88. The van der Waals surface area contributed by atoms with E-state index in [1.807, 2.05) is 0 Å². The Balaban J connectivity index is 0.000000465. The zero-order valence-electron chi connectivity index (χ0n) is 15.7. The Kier molecular flexibility index (Phi) is 6.74. The van der Waals surface area contributed by atoms with Crippen molar-refractivity contribution in [1.29, 1.82) is 0 Å². The molecular weight excluding hydrogens is 359 g/mol. The van der Waals surface area contributed by atoms with E-state index in [0.29, 0.717) is 0 Å². The summed E-state index contributed by atoms with van der Waals surface area (Å²) in [5.41, 5.74) is 6.65. The van der Waals surface area contributed by atoms with Crippen LogP contribution in [0.2, 0.25) is 0 Å². The van der Waals surface area contributed by atoms with Gasteiger partial charge >= 0.3 is 7.82 Å². The molecule has 3 rings (SSSR count). The van der Waals surface area contributed by atoms with E-state index in [1.54, 1.807) is 0 Å². The van der Waals surface area contributed by atoms with Crippen LogP contribution in [0.15, 0.2) is 78.9 Å². The molecule has 0 heterocycles. The molecule has 0 aliphatic carbocycles. The largest absolute Gasteiger partial charge is 0.466 e. The molecule has 0 spiro atoms. The third-order valence-electron chi connectivity index (χ3n) is 4.06. The predicted molar refractivity (Wildman–Crippen MR) is 110 cm³/mol. The summed E-state index contributed by atoms with van der Waals surface area (Å²) in [6.07, 6.45) is 0. The highest BCUT2D eigenvalue weighted by Gasteiger charge is 2.16. The number of hydrogen-bond donors (Lipinski definition) is 3. The SMILES string of the molecule is CC(C)(C)c1ccc(-c2ccccc2)c(-c2ccccc2)c1.O=P(O)(O)O. The lowest BCUT2D eigenvalue weighted by Crippen LogP contribution is -2.11. The van der Waals surface area contributed by atoms with E-state index in [9.17, 15) is 0 Å². The van der Waals surface area contributed by atoms with Crippen molar-refractivity contribution in [3.63, 3.8) is 0 Å². The van der Waals surface area contributed by atoms with Crippen molar-refractivity contribution in [1.82, 2.24) is 0 Å². The van der Waals surface area contributed by atoms with E-state index >= 15 is 0 Å². The minimum Gasteiger partial charge on any atom is -0.303 e. The van der Waals surface area contributed by atoms with E-state index in [2.05, 4.69) is 99.6 Å². The third-order valence-corrected chi connectivity index (χ3v) is 4.06. The highest BCUT2D eigenvalue weighted by Crippen LogP contribution is 2.35. The smallest absolute Gasteiger partial charge is 0.303 e. The third kappa shape index (κ3) is 6.78. The normalized spacial score (nSPS) is 11.5.